The first-order valence-electron chi connectivity index (χ1n) is 7.47. The molecule has 3 nitrogen and oxygen atoms in total. The molecule has 1 atom stereocenters. The van der Waals surface area contributed by atoms with Crippen LogP contribution in [0.3, 0.4) is 0 Å². The average Bonchev–Trinajstić information content (AvgIpc) is 2.59. The van der Waals surface area contributed by atoms with E-state index in [9.17, 15) is 9.59 Å². The molecule has 0 fully saturated rings. The van der Waals surface area contributed by atoms with Crippen molar-refractivity contribution in [2.45, 2.75) is 20.3 Å². The number of hydrogen-bond donors (Lipinski definition) is 0. The zero-order chi connectivity index (χ0) is 15.9. The Bertz CT molecular complexity index is 629. The van der Waals surface area contributed by atoms with Crippen LogP contribution in [0.25, 0.3) is 11.1 Å². The van der Waals surface area contributed by atoms with Crippen molar-refractivity contribution in [1.82, 2.24) is 0 Å². The largest absolute Gasteiger partial charge is 0.457 e. The minimum atomic E-state index is -0.322. The second-order valence-electron chi connectivity index (χ2n) is 5.28. The molecule has 0 aromatic heterocycles. The van der Waals surface area contributed by atoms with Crippen molar-refractivity contribution in [3.63, 3.8) is 0 Å². The molecular weight excluding hydrogens is 276 g/mol. The summed E-state index contributed by atoms with van der Waals surface area (Å²) < 4.78 is 5.04. The fraction of sp³-hybridized carbons (Fsp3) is 0.263. The van der Waals surface area contributed by atoms with Crippen molar-refractivity contribution in [3.8, 4) is 11.1 Å². The van der Waals surface area contributed by atoms with Crippen LogP contribution in [0, 0.1) is 5.92 Å². The Hall–Kier alpha value is -2.42. The molecule has 2 rings (SSSR count). The lowest BCUT2D eigenvalue weighted by atomic mass is 10.0. The highest BCUT2D eigenvalue weighted by molar-refractivity contribution is 5.98. The van der Waals surface area contributed by atoms with Gasteiger partial charge in [-0.25, -0.2) is 0 Å². The van der Waals surface area contributed by atoms with Crippen molar-refractivity contribution in [2.24, 2.45) is 5.92 Å². The third kappa shape index (κ3) is 4.04. The molecule has 0 N–H and O–H groups in total. The van der Waals surface area contributed by atoms with Gasteiger partial charge >= 0.3 is 5.97 Å². The maximum Gasteiger partial charge on any atom is 0.309 e. The minimum Gasteiger partial charge on any atom is -0.457 e. The van der Waals surface area contributed by atoms with Gasteiger partial charge in [0.2, 0.25) is 0 Å². The summed E-state index contributed by atoms with van der Waals surface area (Å²) in [4.78, 5) is 23.6. The molecule has 0 aliphatic heterocycles. The molecule has 0 radical (unpaired) electrons. The van der Waals surface area contributed by atoms with Crippen molar-refractivity contribution in [1.29, 1.82) is 0 Å². The molecule has 0 spiro atoms. The van der Waals surface area contributed by atoms with E-state index in [-0.39, 0.29) is 24.3 Å². The van der Waals surface area contributed by atoms with Crippen molar-refractivity contribution >= 4 is 11.8 Å². The van der Waals surface area contributed by atoms with E-state index in [0.717, 1.165) is 11.1 Å². The number of Topliss-reactive ketones (excluding diaryl/α,β-unsaturated/α-hetero) is 1. The number of ether oxygens (including phenoxy) is 1. The predicted octanol–water partition coefficient (Wildman–Crippen LogP) is 4.13. The van der Waals surface area contributed by atoms with Crippen LogP contribution < -0.4 is 0 Å². The molecule has 0 amide bonds. The van der Waals surface area contributed by atoms with Gasteiger partial charge in [-0.05, 0) is 17.5 Å². The van der Waals surface area contributed by atoms with Crippen molar-refractivity contribution < 1.29 is 14.3 Å². The van der Waals surface area contributed by atoms with E-state index in [4.69, 9.17) is 4.74 Å². The summed E-state index contributed by atoms with van der Waals surface area (Å²) in [5, 5.41) is 0. The zero-order valence-corrected chi connectivity index (χ0v) is 12.9. The molecule has 0 heterocycles. The van der Waals surface area contributed by atoms with E-state index in [1.807, 2.05) is 49.4 Å². The third-order valence-corrected chi connectivity index (χ3v) is 3.67. The van der Waals surface area contributed by atoms with E-state index in [1.54, 1.807) is 19.1 Å². The number of benzene rings is 2. The maximum atomic E-state index is 12.0. The fourth-order valence-corrected chi connectivity index (χ4v) is 2.01. The van der Waals surface area contributed by atoms with Gasteiger partial charge in [-0.1, -0.05) is 68.4 Å². The lowest BCUT2D eigenvalue weighted by Gasteiger charge is -2.09. The van der Waals surface area contributed by atoms with Crippen LogP contribution in [0.2, 0.25) is 0 Å². The summed E-state index contributed by atoms with van der Waals surface area (Å²) in [5.41, 5.74) is 2.70. The molecular formula is C19H20O3. The van der Waals surface area contributed by atoms with Gasteiger partial charge in [-0.15, -0.1) is 0 Å². The van der Waals surface area contributed by atoms with Crippen LogP contribution in [-0.2, 0) is 9.53 Å². The fourth-order valence-electron chi connectivity index (χ4n) is 2.01. The highest BCUT2D eigenvalue weighted by Crippen LogP contribution is 2.19. The normalized spacial score (nSPS) is 11.7. The molecule has 3 heteroatoms. The van der Waals surface area contributed by atoms with Gasteiger partial charge in [0.15, 0.2) is 12.4 Å². The molecule has 2 aromatic rings. The van der Waals surface area contributed by atoms with Crippen LogP contribution in [-0.4, -0.2) is 18.4 Å². The zero-order valence-electron chi connectivity index (χ0n) is 12.9. The number of esters is 1. The molecule has 0 aliphatic rings. The topological polar surface area (TPSA) is 43.4 Å². The highest BCUT2D eigenvalue weighted by atomic mass is 16.5. The minimum absolute atomic E-state index is 0.173. The Morgan fingerprint density at radius 3 is 2.14 bits per heavy atom. The Labute approximate surface area is 130 Å². The monoisotopic (exact) mass is 296 g/mol. The summed E-state index contributed by atoms with van der Waals surface area (Å²) in [6.07, 6.45) is 0.707. The molecule has 0 bridgehead atoms. The number of rotatable bonds is 6. The summed E-state index contributed by atoms with van der Waals surface area (Å²) in [6, 6.07) is 17.3. The summed E-state index contributed by atoms with van der Waals surface area (Å²) >= 11 is 0. The van der Waals surface area contributed by atoms with E-state index in [1.165, 1.54) is 0 Å². The molecule has 114 valence electrons. The van der Waals surface area contributed by atoms with Gasteiger partial charge in [0.1, 0.15) is 0 Å². The molecule has 2 aromatic carbocycles. The van der Waals surface area contributed by atoms with Gasteiger partial charge in [-0.3, -0.25) is 9.59 Å². The third-order valence-electron chi connectivity index (χ3n) is 3.67. The maximum absolute atomic E-state index is 12.0. The van der Waals surface area contributed by atoms with Crippen LogP contribution >= 0.6 is 0 Å². The van der Waals surface area contributed by atoms with E-state index in [2.05, 4.69) is 0 Å². The van der Waals surface area contributed by atoms with Gasteiger partial charge in [0.05, 0.1) is 5.92 Å². The summed E-state index contributed by atoms with van der Waals surface area (Å²) in [6.45, 7) is 3.51. The molecule has 0 saturated carbocycles. The SMILES string of the molecule is CC[C@@H](C)C(=O)OCC(=O)c1ccc(-c2ccccc2)cc1. The molecule has 22 heavy (non-hydrogen) atoms. The quantitative estimate of drug-likeness (QED) is 0.594. The predicted molar refractivity (Wildman–Crippen MR) is 86.6 cm³/mol. The summed E-state index contributed by atoms with van der Waals surface area (Å²) in [7, 11) is 0. The van der Waals surface area contributed by atoms with Crippen LogP contribution in [0.5, 0.6) is 0 Å². The number of carbonyl (C=O) groups is 2. The molecule has 0 aliphatic carbocycles. The molecule has 0 saturated heterocycles. The first-order chi connectivity index (χ1) is 10.6. The standard InChI is InChI=1S/C19H20O3/c1-3-14(2)19(21)22-13-18(20)17-11-9-16(10-12-17)15-7-5-4-6-8-15/h4-12,14H,3,13H2,1-2H3/t14-/m1/s1. The lowest BCUT2D eigenvalue weighted by molar-refractivity contribution is -0.146. The number of carbonyl (C=O) groups excluding carboxylic acids is 2. The first kappa shape index (κ1) is 16.0. The van der Waals surface area contributed by atoms with Gasteiger partial charge in [0, 0.05) is 5.56 Å². The van der Waals surface area contributed by atoms with E-state index >= 15 is 0 Å². The molecule has 0 unspecified atom stereocenters. The van der Waals surface area contributed by atoms with Crippen molar-refractivity contribution in [3.05, 3.63) is 60.2 Å². The second kappa shape index (κ2) is 7.55. The van der Waals surface area contributed by atoms with Crippen molar-refractivity contribution in [2.75, 3.05) is 6.61 Å². The van der Waals surface area contributed by atoms with Crippen LogP contribution in [0.15, 0.2) is 54.6 Å². The first-order valence-corrected chi connectivity index (χ1v) is 7.47. The van der Waals surface area contributed by atoms with Gasteiger partial charge in [-0.2, -0.15) is 0 Å². The Kier molecular flexibility index (Phi) is 5.48. The number of hydrogen-bond acceptors (Lipinski definition) is 3. The smallest absolute Gasteiger partial charge is 0.309 e. The Morgan fingerprint density at radius 2 is 1.55 bits per heavy atom. The van der Waals surface area contributed by atoms with Crippen LogP contribution in [0.1, 0.15) is 30.6 Å². The Morgan fingerprint density at radius 1 is 0.955 bits per heavy atom. The highest BCUT2D eigenvalue weighted by Gasteiger charge is 2.14. The van der Waals surface area contributed by atoms with Gasteiger partial charge < -0.3 is 4.74 Å². The van der Waals surface area contributed by atoms with Crippen LogP contribution in [0.4, 0.5) is 0 Å². The second-order valence-corrected chi connectivity index (χ2v) is 5.28. The number of ketones is 1. The van der Waals surface area contributed by atoms with Gasteiger partial charge in [0.25, 0.3) is 0 Å². The lowest BCUT2D eigenvalue weighted by Crippen LogP contribution is -2.19. The average molecular weight is 296 g/mol. The Balaban J connectivity index is 1.98. The van der Waals surface area contributed by atoms with E-state index in [0.29, 0.717) is 12.0 Å². The summed E-state index contributed by atoms with van der Waals surface area (Å²) in [5.74, 6) is -0.679. The van der Waals surface area contributed by atoms with E-state index < -0.39 is 0 Å².